The van der Waals surface area contributed by atoms with Gasteiger partial charge in [-0.2, -0.15) is 12.2 Å². The summed E-state index contributed by atoms with van der Waals surface area (Å²) >= 11 is 1.55. The maximum Gasteiger partial charge on any atom is 0.0465 e. The second kappa shape index (κ2) is 21.4. The summed E-state index contributed by atoms with van der Waals surface area (Å²) in [6, 6.07) is 2.48. The summed E-state index contributed by atoms with van der Waals surface area (Å²) in [5, 5.41) is 0. The molecule has 0 atom stereocenters. The van der Waals surface area contributed by atoms with Crippen molar-refractivity contribution in [3.63, 3.8) is 0 Å². The Morgan fingerprint density at radius 1 is 0.594 bits per heavy atom. The van der Waals surface area contributed by atoms with Gasteiger partial charge < -0.3 is 0 Å². The van der Waals surface area contributed by atoms with Crippen LogP contribution >= 0.6 is 24.8 Å². The van der Waals surface area contributed by atoms with Gasteiger partial charge in [0.15, 0.2) is 0 Å². The quantitative estimate of drug-likeness (QED) is 0.143. The molecule has 0 amide bonds. The van der Waals surface area contributed by atoms with Gasteiger partial charge in [-0.15, -0.1) is 24.8 Å². The van der Waals surface area contributed by atoms with Gasteiger partial charge in [-0.05, 0) is 16.1 Å². The van der Waals surface area contributed by atoms with Gasteiger partial charge in [-0.1, -0.05) is 90.7 Å². The van der Waals surface area contributed by atoms with Crippen LogP contribution in [0.2, 0.25) is 90.7 Å². The summed E-state index contributed by atoms with van der Waals surface area (Å²) in [6.45, 7) is 32.6. The van der Waals surface area contributed by atoms with Crippen molar-refractivity contribution in [1.29, 1.82) is 0 Å². The average Bonchev–Trinajstić information content (AvgIpc) is 2.41. The second-order valence-corrected chi connectivity index (χ2v) is 36.3. The van der Waals surface area contributed by atoms with E-state index in [1.54, 1.807) is 24.2 Å². The molecule has 7 heteroatoms. The fourth-order valence-corrected chi connectivity index (χ4v) is 4.12. The molecule has 0 radical (unpaired) electrons. The molecule has 0 aliphatic rings. The van der Waals surface area contributed by atoms with Crippen LogP contribution in [0.25, 0.3) is 0 Å². The predicted molar refractivity (Wildman–Crippen MR) is 168 cm³/mol. The maximum atomic E-state index is 3.26. The van der Waals surface area contributed by atoms with E-state index in [2.05, 4.69) is 140 Å². The first-order valence-electron chi connectivity index (χ1n) is 11.2. The molecule has 188 valence electrons. The normalized spacial score (nSPS) is 12.8. The first kappa shape index (κ1) is 43.3. The third kappa shape index (κ3) is 63.3. The minimum absolute atomic E-state index is 0. The summed E-state index contributed by atoms with van der Waals surface area (Å²) in [6.07, 6.45) is 15.1. The number of hydrogen-bond acceptors (Lipinski definition) is 0. The average molecular weight is 629 g/mol. The summed E-state index contributed by atoms with van der Waals surface area (Å²) < 4.78 is 1.51. The van der Waals surface area contributed by atoms with E-state index in [4.69, 9.17) is 0 Å². The molecule has 0 aliphatic heterocycles. The number of hydrogen-bond donors (Lipinski definition) is 0. The van der Waals surface area contributed by atoms with Crippen molar-refractivity contribution in [2.45, 2.75) is 104 Å². The molecular formula is C25H54Cl2Si4Zr. The van der Waals surface area contributed by atoms with E-state index in [9.17, 15) is 0 Å². The fraction of sp³-hybridized carbons (Fsp3) is 0.640. The first-order chi connectivity index (χ1) is 13.1. The van der Waals surface area contributed by atoms with Crippen molar-refractivity contribution in [2.24, 2.45) is 0 Å². The third-order valence-electron chi connectivity index (χ3n) is 3.02. The Hall–Kier alpha value is 1.16. The van der Waals surface area contributed by atoms with Crippen molar-refractivity contribution in [3.05, 3.63) is 47.9 Å². The minimum atomic E-state index is -1.00. The molecule has 0 bridgehead atoms. The topological polar surface area (TPSA) is 0 Å². The second-order valence-electron chi connectivity index (χ2n) is 12.7. The molecule has 0 aromatic carbocycles. The van der Waals surface area contributed by atoms with Gasteiger partial charge in [0.25, 0.3) is 0 Å². The Morgan fingerprint density at radius 3 is 0.969 bits per heavy atom. The largest absolute Gasteiger partial charge is 0.256 e. The Labute approximate surface area is 235 Å². The van der Waals surface area contributed by atoms with Gasteiger partial charge in [0.1, 0.15) is 0 Å². The SMILES string of the molecule is C[C](C)=[Zr+2].C[Si](C)(C)C=C[C-]=CC[Si](C)(C)C.C[Si](C)(C)C=C[C-]=CC[Si](C)(C)C.Cl.Cl. The Balaban J connectivity index is -0.000000123. The molecule has 0 heterocycles. The van der Waals surface area contributed by atoms with E-state index in [1.807, 2.05) is 0 Å². The Bertz CT molecular complexity index is 519. The zero-order valence-electron chi connectivity index (χ0n) is 23.7. The molecule has 0 nitrogen and oxygen atoms in total. The molecule has 0 rings (SSSR count). The molecule has 0 unspecified atom stereocenters. The predicted octanol–water partition coefficient (Wildman–Crippen LogP) is 9.82. The fourth-order valence-electron chi connectivity index (χ4n) is 1.46. The Kier molecular flexibility index (Phi) is 29.0. The molecule has 0 aliphatic carbocycles. The summed E-state index contributed by atoms with van der Waals surface area (Å²) in [4.78, 5) is 0. The van der Waals surface area contributed by atoms with Crippen LogP contribution in [-0.2, 0) is 24.2 Å². The number of rotatable bonds is 8. The van der Waals surface area contributed by atoms with Crippen LogP contribution in [0.4, 0.5) is 0 Å². The van der Waals surface area contributed by atoms with Gasteiger partial charge >= 0.3 is 41.3 Å². The molecule has 0 aromatic heterocycles. The van der Waals surface area contributed by atoms with Crippen molar-refractivity contribution in [3.8, 4) is 0 Å². The van der Waals surface area contributed by atoms with E-state index in [0.717, 1.165) is 0 Å². The summed E-state index contributed by atoms with van der Waals surface area (Å²) in [7, 11) is -3.80. The van der Waals surface area contributed by atoms with Gasteiger partial charge in [0.05, 0.1) is 0 Å². The van der Waals surface area contributed by atoms with Crippen molar-refractivity contribution in [2.75, 3.05) is 0 Å². The molecule has 32 heavy (non-hydrogen) atoms. The summed E-state index contributed by atoms with van der Waals surface area (Å²) in [5.41, 5.74) is 4.65. The van der Waals surface area contributed by atoms with Crippen LogP contribution in [-0.4, -0.2) is 35.5 Å². The van der Waals surface area contributed by atoms with Crippen molar-refractivity contribution < 1.29 is 24.2 Å². The standard InChI is InChI=1S/2C11H23Si2.C3H6.2ClH.Zr/c2*1-12(2,3)10-8-7-9-11-13(4,5)6;1-3-2;;;/h2*8-10H,11H2,1-6H3;1-2H3;2*1H;/q2*-1;;;;+2. The molecule has 0 spiro atoms. The van der Waals surface area contributed by atoms with Gasteiger partial charge in [-0.25, -0.2) is 23.6 Å². The van der Waals surface area contributed by atoms with E-state index in [1.165, 1.54) is 15.3 Å². The van der Waals surface area contributed by atoms with Gasteiger partial charge in [-0.3, -0.25) is 12.2 Å². The molecule has 0 saturated carbocycles. The summed E-state index contributed by atoms with van der Waals surface area (Å²) in [5.74, 6) is 0. The number of halogens is 2. The molecular weight excluding hydrogens is 575 g/mol. The molecule has 0 N–H and O–H groups in total. The minimum Gasteiger partial charge on any atom is -0.256 e. The van der Waals surface area contributed by atoms with Crippen LogP contribution < -0.4 is 0 Å². The van der Waals surface area contributed by atoms with Crippen LogP contribution in [0.1, 0.15) is 13.8 Å². The van der Waals surface area contributed by atoms with Crippen molar-refractivity contribution in [1.82, 2.24) is 0 Å². The Morgan fingerprint density at radius 2 is 0.812 bits per heavy atom. The van der Waals surface area contributed by atoms with E-state index in [0.29, 0.717) is 0 Å². The van der Waals surface area contributed by atoms with Crippen LogP contribution in [0.5, 0.6) is 0 Å². The van der Waals surface area contributed by atoms with E-state index < -0.39 is 32.3 Å². The third-order valence-corrected chi connectivity index (χ3v) is 8.21. The van der Waals surface area contributed by atoms with Crippen LogP contribution in [0, 0.1) is 12.2 Å². The first-order valence-corrected chi connectivity index (χ1v) is 27.0. The van der Waals surface area contributed by atoms with E-state index in [-0.39, 0.29) is 24.8 Å². The van der Waals surface area contributed by atoms with Crippen LogP contribution in [0.3, 0.4) is 0 Å². The molecule has 0 saturated heterocycles. The van der Waals surface area contributed by atoms with Gasteiger partial charge in [0, 0.05) is 16.1 Å². The van der Waals surface area contributed by atoms with Crippen LogP contribution in [0.15, 0.2) is 35.7 Å². The van der Waals surface area contributed by atoms with Gasteiger partial charge in [0.2, 0.25) is 0 Å². The molecule has 0 fully saturated rings. The zero-order valence-corrected chi connectivity index (χ0v) is 31.8. The monoisotopic (exact) mass is 626 g/mol. The van der Waals surface area contributed by atoms with Crippen molar-refractivity contribution >= 4 is 60.3 Å². The van der Waals surface area contributed by atoms with E-state index >= 15 is 0 Å². The number of allylic oxidation sites excluding steroid dienone is 6. The molecule has 0 aromatic rings. The smallest absolute Gasteiger partial charge is 0.0465 e. The zero-order chi connectivity index (χ0) is 24.6. The maximum absolute atomic E-state index is 3.26.